The number of halogens is 1. The van der Waals surface area contributed by atoms with Crippen molar-refractivity contribution in [1.82, 2.24) is 0 Å². The highest BCUT2D eigenvalue weighted by Crippen LogP contribution is 2.45. The van der Waals surface area contributed by atoms with Gasteiger partial charge in [0.2, 0.25) is 12.5 Å². The van der Waals surface area contributed by atoms with Crippen LogP contribution in [0.1, 0.15) is 27.5 Å². The number of benzene rings is 3. The summed E-state index contributed by atoms with van der Waals surface area (Å²) in [4.78, 5) is 13.7. The van der Waals surface area contributed by atoms with Gasteiger partial charge in [-0.05, 0) is 54.1 Å². The highest BCUT2D eigenvalue weighted by atomic mass is 35.5. The number of carbonyl (C=O) groups is 1. The molecule has 0 radical (unpaired) electrons. The molecule has 1 unspecified atom stereocenters. The van der Waals surface area contributed by atoms with Crippen LogP contribution in [0, 0.1) is 0 Å². The molecule has 4 aromatic rings. The Kier molecular flexibility index (Phi) is 5.47. The Morgan fingerprint density at radius 3 is 2.50 bits per heavy atom. The number of aryl methyl sites for hydroxylation is 2. The molecule has 0 bridgehead atoms. The molecule has 0 spiro atoms. The maximum absolute atomic E-state index is 13.7. The fourth-order valence-corrected chi connectivity index (χ4v) is 5.31. The number of hydrogen-bond acceptors (Lipinski definition) is 6. The zero-order valence-electron chi connectivity index (χ0n) is 19.8. The lowest BCUT2D eigenvalue weighted by molar-refractivity contribution is -0.686. The smallest absolute Gasteiger partial charge is 0.231 e. The van der Waals surface area contributed by atoms with Gasteiger partial charge in [0.15, 0.2) is 41.5 Å². The van der Waals surface area contributed by atoms with Crippen LogP contribution >= 0.6 is 11.6 Å². The number of nitrogens with two attached hydrogens (primary N) is 1. The number of fused-ring (bicyclic) bond motifs is 5. The molecule has 2 aliphatic heterocycles. The Hall–Kier alpha value is -3.81. The van der Waals surface area contributed by atoms with Crippen molar-refractivity contribution in [3.63, 3.8) is 0 Å². The van der Waals surface area contributed by atoms with Gasteiger partial charge in [-0.3, -0.25) is 4.79 Å². The molecule has 8 heteroatoms. The van der Waals surface area contributed by atoms with E-state index in [1.165, 1.54) is 0 Å². The average Bonchev–Trinajstić information content (AvgIpc) is 3.36. The van der Waals surface area contributed by atoms with Crippen LogP contribution in [0.25, 0.3) is 22.0 Å². The minimum absolute atomic E-state index is 0.189. The van der Waals surface area contributed by atoms with Gasteiger partial charge in [-0.25, -0.2) is 0 Å². The molecule has 0 fully saturated rings. The number of carbonyl (C=O) groups excluding carboxylic acids is 1. The monoisotopic (exact) mass is 503 g/mol. The number of rotatable bonds is 5. The molecule has 6 rings (SSSR count). The summed E-state index contributed by atoms with van der Waals surface area (Å²) in [7, 11) is 3.21. The molecule has 36 heavy (non-hydrogen) atoms. The van der Waals surface area contributed by atoms with Crippen LogP contribution in [0.3, 0.4) is 0 Å². The molecule has 0 amide bonds. The van der Waals surface area contributed by atoms with E-state index in [-0.39, 0.29) is 12.6 Å². The third kappa shape index (κ3) is 3.46. The van der Waals surface area contributed by atoms with E-state index in [1.54, 1.807) is 38.5 Å². The number of pyridine rings is 1. The molecule has 3 aromatic carbocycles. The van der Waals surface area contributed by atoms with Crippen molar-refractivity contribution in [2.24, 2.45) is 5.73 Å². The van der Waals surface area contributed by atoms with E-state index in [0.29, 0.717) is 39.9 Å². The minimum atomic E-state index is -0.939. The van der Waals surface area contributed by atoms with Crippen LogP contribution in [0.5, 0.6) is 23.0 Å². The Labute approximate surface area is 212 Å². The first-order valence-corrected chi connectivity index (χ1v) is 12.0. The quantitative estimate of drug-likeness (QED) is 0.316. The fraction of sp³-hybridized carbons (Fsp3) is 0.214. The maximum atomic E-state index is 13.7. The van der Waals surface area contributed by atoms with E-state index in [4.69, 9.17) is 36.3 Å². The summed E-state index contributed by atoms with van der Waals surface area (Å²) in [6.07, 6.45) is 2.84. The second-order valence-electron chi connectivity index (χ2n) is 8.81. The van der Waals surface area contributed by atoms with E-state index in [1.807, 2.05) is 30.5 Å². The van der Waals surface area contributed by atoms with Gasteiger partial charge in [0.05, 0.1) is 30.7 Å². The minimum Gasteiger partial charge on any atom is -0.493 e. The molecule has 0 aliphatic carbocycles. The van der Waals surface area contributed by atoms with Crippen molar-refractivity contribution in [3.8, 4) is 34.3 Å². The lowest BCUT2D eigenvalue weighted by Crippen LogP contribution is -2.42. The van der Waals surface area contributed by atoms with Crippen LogP contribution in [-0.2, 0) is 13.0 Å². The van der Waals surface area contributed by atoms with E-state index >= 15 is 0 Å². The van der Waals surface area contributed by atoms with Gasteiger partial charge in [0, 0.05) is 22.4 Å². The SMILES string of the molecule is COc1ccc2c(C(N)C(=O)c3ccc(Cl)cc3)c3[n+](cc2c1OC)CCc1cc2c(cc1-3)OCO2. The van der Waals surface area contributed by atoms with Crippen LogP contribution < -0.4 is 29.2 Å². The molecule has 7 nitrogen and oxygen atoms in total. The van der Waals surface area contributed by atoms with Crippen LogP contribution in [0.4, 0.5) is 0 Å². The van der Waals surface area contributed by atoms with Crippen LogP contribution in [0.2, 0.25) is 5.02 Å². The van der Waals surface area contributed by atoms with Gasteiger partial charge in [0.1, 0.15) is 6.04 Å². The van der Waals surface area contributed by atoms with Crippen molar-refractivity contribution in [1.29, 1.82) is 0 Å². The first kappa shape index (κ1) is 22.6. The molecule has 0 saturated heterocycles. The number of nitrogens with zero attached hydrogens (tertiary/aromatic N) is 1. The summed E-state index contributed by atoms with van der Waals surface area (Å²) in [5.41, 5.74) is 11.0. The standard InChI is InChI=1S/C28H24ClN2O5/c1-33-21-8-7-18-20(28(21)34-2)13-31-10-9-16-11-22-23(36-14-35-22)12-19(16)26(31)24(18)25(30)27(32)15-3-5-17(29)6-4-15/h3-8,11-13,25H,9-10,14,30H2,1-2H3/q+1. The molecular formula is C28H24ClN2O5+. The predicted octanol–water partition coefficient (Wildman–Crippen LogP) is 4.63. The Bertz CT molecular complexity index is 1530. The molecular weight excluding hydrogens is 480 g/mol. The summed E-state index contributed by atoms with van der Waals surface area (Å²) in [5, 5.41) is 2.19. The van der Waals surface area contributed by atoms with Gasteiger partial charge < -0.3 is 24.7 Å². The largest absolute Gasteiger partial charge is 0.493 e. The van der Waals surface area contributed by atoms with Crippen molar-refractivity contribution in [3.05, 3.63) is 76.4 Å². The zero-order valence-corrected chi connectivity index (χ0v) is 20.6. The fourth-order valence-electron chi connectivity index (χ4n) is 5.18. The number of Topliss-reactive ketones (excluding diaryl/α,β-unsaturated/α-hetero) is 1. The topological polar surface area (TPSA) is 83.9 Å². The molecule has 2 N–H and O–H groups in total. The average molecular weight is 504 g/mol. The van der Waals surface area contributed by atoms with Gasteiger partial charge in [0.25, 0.3) is 0 Å². The summed E-state index contributed by atoms with van der Waals surface area (Å²) in [5.74, 6) is 2.41. The molecule has 1 aromatic heterocycles. The first-order chi connectivity index (χ1) is 17.5. The highest BCUT2D eigenvalue weighted by molar-refractivity contribution is 6.30. The van der Waals surface area contributed by atoms with Crippen molar-refractivity contribution in [2.75, 3.05) is 21.0 Å². The lowest BCUT2D eigenvalue weighted by atomic mass is 9.86. The molecule has 1 atom stereocenters. The summed E-state index contributed by atoms with van der Waals surface area (Å²) < 4.78 is 24.7. The number of aromatic nitrogens is 1. The van der Waals surface area contributed by atoms with Gasteiger partial charge in [-0.15, -0.1) is 0 Å². The normalized spacial score (nSPS) is 14.2. The summed E-state index contributed by atoms with van der Waals surface area (Å²) in [6.45, 7) is 0.890. The van der Waals surface area contributed by atoms with Gasteiger partial charge in [-0.2, -0.15) is 4.57 Å². The second kappa shape index (κ2) is 8.69. The summed E-state index contributed by atoms with van der Waals surface area (Å²) in [6, 6.07) is 13.6. The second-order valence-corrected chi connectivity index (χ2v) is 9.24. The molecule has 182 valence electrons. The third-order valence-electron chi connectivity index (χ3n) is 6.90. The molecule has 2 aliphatic rings. The van der Waals surface area contributed by atoms with E-state index in [2.05, 4.69) is 4.57 Å². The number of ketones is 1. The molecule has 0 saturated carbocycles. The molecule has 3 heterocycles. The Balaban J connectivity index is 1.65. The van der Waals surface area contributed by atoms with Crippen molar-refractivity contribution in [2.45, 2.75) is 19.0 Å². The number of methoxy groups -OCH3 is 2. The number of hydrogen-bond donors (Lipinski definition) is 1. The van der Waals surface area contributed by atoms with Crippen molar-refractivity contribution < 1.29 is 28.3 Å². The maximum Gasteiger partial charge on any atom is 0.231 e. The van der Waals surface area contributed by atoms with E-state index < -0.39 is 6.04 Å². The van der Waals surface area contributed by atoms with Crippen molar-refractivity contribution >= 4 is 28.2 Å². The predicted molar refractivity (Wildman–Crippen MR) is 135 cm³/mol. The Morgan fingerprint density at radius 2 is 1.78 bits per heavy atom. The van der Waals surface area contributed by atoms with Crippen LogP contribution in [0.15, 0.2) is 54.7 Å². The number of ether oxygens (including phenoxy) is 4. The van der Waals surface area contributed by atoms with E-state index in [0.717, 1.165) is 39.8 Å². The van der Waals surface area contributed by atoms with Gasteiger partial charge in [-0.1, -0.05) is 11.6 Å². The van der Waals surface area contributed by atoms with Crippen LogP contribution in [-0.4, -0.2) is 26.8 Å². The first-order valence-electron chi connectivity index (χ1n) is 11.6. The lowest BCUT2D eigenvalue weighted by Gasteiger charge is -2.23. The third-order valence-corrected chi connectivity index (χ3v) is 7.15. The van der Waals surface area contributed by atoms with E-state index in [9.17, 15) is 4.79 Å². The highest BCUT2D eigenvalue weighted by Gasteiger charge is 2.36. The van der Waals surface area contributed by atoms with Gasteiger partial charge >= 0.3 is 0 Å². The zero-order chi connectivity index (χ0) is 25.0. The summed E-state index contributed by atoms with van der Waals surface area (Å²) >= 11 is 6.06. The Morgan fingerprint density at radius 1 is 1.03 bits per heavy atom.